The Balaban J connectivity index is 1.61. The summed E-state index contributed by atoms with van der Waals surface area (Å²) in [6.45, 7) is 0. The van der Waals surface area contributed by atoms with Gasteiger partial charge in [-0.1, -0.05) is 12.1 Å². The topological polar surface area (TPSA) is 87.6 Å². The minimum absolute atomic E-state index is 0.0479. The predicted molar refractivity (Wildman–Crippen MR) is 109 cm³/mol. The normalized spacial score (nSPS) is 11.3. The SMILES string of the molecule is N#Cc1c(-c2ccc(Oc3ccc(C(=O)O)cc3)cc2)ccn2c(CC(F)(F)F)cnc12. The molecule has 9 heteroatoms. The van der Waals surface area contributed by atoms with Crippen LogP contribution in [0.25, 0.3) is 16.8 Å². The van der Waals surface area contributed by atoms with Gasteiger partial charge in [-0.2, -0.15) is 18.4 Å². The zero-order valence-electron chi connectivity index (χ0n) is 16.3. The Bertz CT molecular complexity index is 1340. The van der Waals surface area contributed by atoms with Crippen LogP contribution in [-0.4, -0.2) is 26.6 Å². The number of nitriles is 1. The quantitative estimate of drug-likeness (QED) is 0.447. The average Bonchev–Trinajstić information content (AvgIpc) is 3.15. The molecule has 0 unspecified atom stereocenters. The number of hydrogen-bond acceptors (Lipinski definition) is 4. The third-order valence-electron chi connectivity index (χ3n) is 4.75. The predicted octanol–water partition coefficient (Wildman–Crippen LogP) is 5.47. The Morgan fingerprint density at radius 2 is 1.69 bits per heavy atom. The maximum atomic E-state index is 12.8. The van der Waals surface area contributed by atoms with Crippen LogP contribution in [0.2, 0.25) is 0 Å². The lowest BCUT2D eigenvalue weighted by Crippen LogP contribution is -2.13. The number of aromatic carboxylic acids is 1. The molecule has 0 aliphatic carbocycles. The molecule has 0 aliphatic heterocycles. The molecule has 4 aromatic rings. The van der Waals surface area contributed by atoms with E-state index in [2.05, 4.69) is 4.98 Å². The number of halogens is 3. The number of pyridine rings is 1. The van der Waals surface area contributed by atoms with E-state index in [4.69, 9.17) is 9.84 Å². The Hall–Kier alpha value is -4.32. The Kier molecular flexibility index (Phi) is 5.28. The lowest BCUT2D eigenvalue weighted by atomic mass is 10.0. The van der Waals surface area contributed by atoms with E-state index in [0.717, 1.165) is 6.20 Å². The number of rotatable bonds is 5. The first-order valence-corrected chi connectivity index (χ1v) is 9.32. The van der Waals surface area contributed by atoms with Crippen molar-refractivity contribution in [3.63, 3.8) is 0 Å². The summed E-state index contributed by atoms with van der Waals surface area (Å²) in [7, 11) is 0. The highest BCUT2D eigenvalue weighted by Gasteiger charge is 2.29. The van der Waals surface area contributed by atoms with E-state index in [1.807, 2.05) is 6.07 Å². The summed E-state index contributed by atoms with van der Waals surface area (Å²) < 4.78 is 45.3. The Morgan fingerprint density at radius 3 is 2.25 bits per heavy atom. The zero-order valence-corrected chi connectivity index (χ0v) is 16.3. The molecule has 0 atom stereocenters. The van der Waals surface area contributed by atoms with Crippen molar-refractivity contribution in [3.05, 3.63) is 83.8 Å². The van der Waals surface area contributed by atoms with Crippen LogP contribution in [0, 0.1) is 11.3 Å². The summed E-state index contributed by atoms with van der Waals surface area (Å²) in [5.41, 5.74) is 1.61. The van der Waals surface area contributed by atoms with Crippen LogP contribution < -0.4 is 4.74 Å². The monoisotopic (exact) mass is 437 g/mol. The van der Waals surface area contributed by atoms with Gasteiger partial charge in [0.1, 0.15) is 23.1 Å². The van der Waals surface area contributed by atoms with Gasteiger partial charge in [0.15, 0.2) is 5.65 Å². The van der Waals surface area contributed by atoms with Crippen molar-refractivity contribution in [2.24, 2.45) is 0 Å². The van der Waals surface area contributed by atoms with Gasteiger partial charge >= 0.3 is 12.1 Å². The van der Waals surface area contributed by atoms with Crippen LogP contribution in [0.5, 0.6) is 11.5 Å². The number of carbonyl (C=O) groups is 1. The molecule has 6 nitrogen and oxygen atoms in total. The third-order valence-corrected chi connectivity index (χ3v) is 4.75. The molecule has 32 heavy (non-hydrogen) atoms. The standard InChI is InChI=1S/C23H14F3N3O3/c24-23(25,26)11-16-13-28-21-20(12-27)19(9-10-29(16)21)14-1-5-17(6-2-14)32-18-7-3-15(4-8-18)22(30)31/h1-10,13H,11H2,(H,30,31). The summed E-state index contributed by atoms with van der Waals surface area (Å²) in [4.78, 5) is 14.9. The van der Waals surface area contributed by atoms with Crippen molar-refractivity contribution >= 4 is 11.6 Å². The van der Waals surface area contributed by atoms with Gasteiger partial charge in [-0.15, -0.1) is 0 Å². The van der Waals surface area contributed by atoms with Gasteiger partial charge in [-0.3, -0.25) is 0 Å². The van der Waals surface area contributed by atoms with Crippen molar-refractivity contribution in [1.29, 1.82) is 5.26 Å². The molecular weight excluding hydrogens is 423 g/mol. The van der Waals surface area contributed by atoms with Crippen LogP contribution in [0.3, 0.4) is 0 Å². The van der Waals surface area contributed by atoms with Crippen molar-refractivity contribution in [3.8, 4) is 28.7 Å². The molecule has 0 radical (unpaired) electrons. The summed E-state index contributed by atoms with van der Waals surface area (Å²) in [5.74, 6) is -0.0877. The molecule has 2 aromatic carbocycles. The van der Waals surface area contributed by atoms with Gasteiger partial charge in [-0.25, -0.2) is 9.78 Å². The number of ether oxygens (including phenoxy) is 1. The number of nitrogens with zero attached hydrogens (tertiary/aromatic N) is 3. The first-order chi connectivity index (χ1) is 15.2. The number of carboxylic acid groups (broad SMARTS) is 1. The molecular formula is C23H14F3N3O3. The summed E-state index contributed by atoms with van der Waals surface area (Å²) in [6, 6.07) is 16.3. The number of imidazole rings is 1. The zero-order chi connectivity index (χ0) is 22.9. The fraction of sp³-hybridized carbons (Fsp3) is 0.0870. The Morgan fingerprint density at radius 1 is 1.06 bits per heavy atom. The maximum absolute atomic E-state index is 12.8. The smallest absolute Gasteiger partial charge is 0.394 e. The minimum atomic E-state index is -4.38. The van der Waals surface area contributed by atoms with E-state index in [1.165, 1.54) is 34.9 Å². The fourth-order valence-electron chi connectivity index (χ4n) is 3.29. The van der Waals surface area contributed by atoms with E-state index in [9.17, 15) is 23.2 Å². The number of fused-ring (bicyclic) bond motifs is 1. The van der Waals surface area contributed by atoms with E-state index in [-0.39, 0.29) is 22.5 Å². The molecule has 160 valence electrons. The average molecular weight is 437 g/mol. The van der Waals surface area contributed by atoms with E-state index in [0.29, 0.717) is 22.6 Å². The molecule has 0 amide bonds. The largest absolute Gasteiger partial charge is 0.478 e. The van der Waals surface area contributed by atoms with E-state index >= 15 is 0 Å². The van der Waals surface area contributed by atoms with Crippen LogP contribution in [0.1, 0.15) is 21.6 Å². The first-order valence-electron chi connectivity index (χ1n) is 9.32. The lowest BCUT2D eigenvalue weighted by molar-refractivity contribution is -0.127. The summed E-state index contributed by atoms with van der Waals surface area (Å²) in [6.07, 6.45) is -2.93. The maximum Gasteiger partial charge on any atom is 0.394 e. The van der Waals surface area contributed by atoms with E-state index < -0.39 is 18.6 Å². The molecule has 1 N–H and O–H groups in total. The molecule has 0 bridgehead atoms. The third kappa shape index (κ3) is 4.25. The highest BCUT2D eigenvalue weighted by molar-refractivity contribution is 5.87. The van der Waals surface area contributed by atoms with Crippen LogP contribution >= 0.6 is 0 Å². The fourth-order valence-corrected chi connectivity index (χ4v) is 3.29. The van der Waals surface area contributed by atoms with Crippen LogP contribution in [0.15, 0.2) is 67.0 Å². The lowest BCUT2D eigenvalue weighted by Gasteiger charge is -2.10. The highest BCUT2D eigenvalue weighted by Crippen LogP contribution is 2.31. The molecule has 0 fully saturated rings. The molecule has 4 rings (SSSR count). The Labute approximate surface area is 179 Å². The van der Waals surface area contributed by atoms with Gasteiger partial charge in [0.25, 0.3) is 0 Å². The van der Waals surface area contributed by atoms with E-state index in [1.54, 1.807) is 30.3 Å². The number of benzene rings is 2. The minimum Gasteiger partial charge on any atom is -0.478 e. The first kappa shape index (κ1) is 20.9. The summed E-state index contributed by atoms with van der Waals surface area (Å²) in [5, 5.41) is 18.6. The van der Waals surface area contributed by atoms with Crippen molar-refractivity contribution in [1.82, 2.24) is 9.38 Å². The molecule has 2 heterocycles. The van der Waals surface area contributed by atoms with Crippen molar-refractivity contribution < 1.29 is 27.8 Å². The van der Waals surface area contributed by atoms with Gasteiger partial charge < -0.3 is 14.2 Å². The van der Waals surface area contributed by atoms with Gasteiger partial charge in [0.2, 0.25) is 0 Å². The number of carboxylic acids is 1. The number of hydrogen-bond donors (Lipinski definition) is 1. The molecule has 2 aromatic heterocycles. The second kappa shape index (κ2) is 8.07. The van der Waals surface area contributed by atoms with Gasteiger partial charge in [-0.05, 0) is 48.0 Å². The van der Waals surface area contributed by atoms with Crippen molar-refractivity contribution in [2.75, 3.05) is 0 Å². The molecule has 0 aliphatic rings. The summed E-state index contributed by atoms with van der Waals surface area (Å²) >= 11 is 0. The highest BCUT2D eigenvalue weighted by atomic mass is 19.4. The van der Waals surface area contributed by atoms with Crippen LogP contribution in [-0.2, 0) is 6.42 Å². The molecule has 0 saturated carbocycles. The van der Waals surface area contributed by atoms with Crippen molar-refractivity contribution in [2.45, 2.75) is 12.6 Å². The number of aromatic nitrogens is 2. The second-order valence-electron chi connectivity index (χ2n) is 6.91. The molecule has 0 saturated heterocycles. The van der Waals surface area contributed by atoms with Gasteiger partial charge in [0.05, 0.1) is 17.7 Å². The second-order valence-corrected chi connectivity index (χ2v) is 6.91. The number of alkyl halides is 3. The van der Waals surface area contributed by atoms with Crippen LogP contribution in [0.4, 0.5) is 13.2 Å². The van der Waals surface area contributed by atoms with Gasteiger partial charge in [0, 0.05) is 18.0 Å². The molecule has 0 spiro atoms.